The Morgan fingerprint density at radius 1 is 1.62 bits per heavy atom. The molecule has 0 saturated carbocycles. The van der Waals surface area contributed by atoms with Crippen molar-refractivity contribution < 1.29 is 10.2 Å². The maximum atomic E-state index is 8.27. The first-order valence-electron chi connectivity index (χ1n) is 2.76. The fourth-order valence-electron chi connectivity index (χ4n) is 0.372. The summed E-state index contributed by atoms with van der Waals surface area (Å²) in [7, 11) is 0. The summed E-state index contributed by atoms with van der Waals surface area (Å²) >= 11 is 0. The van der Waals surface area contributed by atoms with Crippen molar-refractivity contribution in [2.75, 3.05) is 0 Å². The molecule has 2 N–H and O–H groups in total. The van der Waals surface area contributed by atoms with Crippen LogP contribution in [0.3, 0.4) is 0 Å². The molecule has 0 aliphatic rings. The van der Waals surface area contributed by atoms with E-state index < -0.39 is 5.95 Å². The summed E-state index contributed by atoms with van der Waals surface area (Å²) in [6.07, 6.45) is 2.35. The summed E-state index contributed by atoms with van der Waals surface area (Å²) < 4.78 is 0. The van der Waals surface area contributed by atoms with Crippen LogP contribution in [0.5, 0.6) is 0 Å². The highest BCUT2D eigenvalue weighted by molar-refractivity contribution is 4.83. The summed E-state index contributed by atoms with van der Waals surface area (Å²) in [5.74, 6) is -0.306. The van der Waals surface area contributed by atoms with Gasteiger partial charge in [-0.25, -0.2) is 0 Å². The first-order chi connectivity index (χ1) is 3.66. The van der Waals surface area contributed by atoms with Crippen LogP contribution in [0.2, 0.25) is 0 Å². The lowest BCUT2D eigenvalue weighted by Gasteiger charge is -1.97. The first-order valence-corrected chi connectivity index (χ1v) is 2.76. The Labute approximate surface area is 49.5 Å². The molecule has 1 atom stereocenters. The average molecular weight is 116 g/mol. The van der Waals surface area contributed by atoms with Crippen molar-refractivity contribution in [1.29, 1.82) is 0 Å². The van der Waals surface area contributed by atoms with Crippen molar-refractivity contribution in [2.45, 2.75) is 20.3 Å². The zero-order chi connectivity index (χ0) is 6.57. The molecule has 0 aromatic heterocycles. The van der Waals surface area contributed by atoms with E-state index in [0.29, 0.717) is 0 Å². The summed E-state index contributed by atoms with van der Waals surface area (Å²) in [6, 6.07) is 0. The van der Waals surface area contributed by atoms with E-state index >= 15 is 0 Å². The molecular formula is C6H12O2. The van der Waals surface area contributed by atoms with Gasteiger partial charge >= 0.3 is 0 Å². The van der Waals surface area contributed by atoms with E-state index in [1.165, 1.54) is 6.08 Å². The van der Waals surface area contributed by atoms with Gasteiger partial charge in [-0.15, -0.1) is 0 Å². The van der Waals surface area contributed by atoms with E-state index in [1.54, 1.807) is 0 Å². The number of allylic oxidation sites excluding steroid dienone is 1. The fourth-order valence-corrected chi connectivity index (χ4v) is 0.372. The van der Waals surface area contributed by atoms with Crippen LogP contribution in [0.25, 0.3) is 0 Å². The minimum Gasteiger partial charge on any atom is -0.481 e. The zero-order valence-electron chi connectivity index (χ0n) is 5.26. The third kappa shape index (κ3) is 3.53. The van der Waals surface area contributed by atoms with Crippen LogP contribution < -0.4 is 0 Å². The number of aliphatic hydroxyl groups excluding tert-OH is 1. The normalized spacial score (nSPS) is 12.8. The highest BCUT2D eigenvalue weighted by Gasteiger charge is 1.93. The van der Waals surface area contributed by atoms with Gasteiger partial charge in [-0.2, -0.15) is 0 Å². The monoisotopic (exact) mass is 116 g/mol. The van der Waals surface area contributed by atoms with Gasteiger partial charge in [0, 0.05) is 0 Å². The summed E-state index contributed by atoms with van der Waals surface area (Å²) in [6.45, 7) is 3.91. The second-order valence-electron chi connectivity index (χ2n) is 1.91. The summed E-state index contributed by atoms with van der Waals surface area (Å²) in [5.41, 5.74) is 0. The first kappa shape index (κ1) is 7.34. The van der Waals surface area contributed by atoms with Crippen LogP contribution in [0.1, 0.15) is 20.3 Å². The Balaban J connectivity index is 3.51. The molecule has 0 aromatic rings. The molecule has 0 aliphatic carbocycles. The minimum absolute atomic E-state index is 0.264. The van der Waals surface area contributed by atoms with Gasteiger partial charge in [-0.3, -0.25) is 0 Å². The lowest BCUT2D eigenvalue weighted by atomic mass is 10.1. The lowest BCUT2D eigenvalue weighted by molar-refractivity contribution is 0.186. The maximum absolute atomic E-state index is 8.27. The van der Waals surface area contributed by atoms with Crippen LogP contribution in [0.15, 0.2) is 12.0 Å². The van der Waals surface area contributed by atoms with E-state index in [9.17, 15) is 0 Å². The SMILES string of the molecule is CCC(C)C=C(O)O. The molecule has 0 fully saturated rings. The molecule has 0 amide bonds. The van der Waals surface area contributed by atoms with Crippen LogP contribution in [-0.2, 0) is 0 Å². The van der Waals surface area contributed by atoms with Gasteiger partial charge < -0.3 is 10.2 Å². The van der Waals surface area contributed by atoms with Crippen molar-refractivity contribution in [3.63, 3.8) is 0 Å². The van der Waals surface area contributed by atoms with Crippen LogP contribution in [-0.4, -0.2) is 10.2 Å². The lowest BCUT2D eigenvalue weighted by Crippen LogP contribution is -1.87. The molecule has 0 spiro atoms. The van der Waals surface area contributed by atoms with Crippen molar-refractivity contribution in [2.24, 2.45) is 5.92 Å². The third-order valence-electron chi connectivity index (χ3n) is 1.08. The van der Waals surface area contributed by atoms with E-state index in [-0.39, 0.29) is 5.92 Å². The molecule has 2 nitrogen and oxygen atoms in total. The molecule has 0 aliphatic heterocycles. The predicted octanol–water partition coefficient (Wildman–Crippen LogP) is 1.99. The molecule has 0 radical (unpaired) electrons. The highest BCUT2D eigenvalue weighted by Crippen LogP contribution is 2.02. The zero-order valence-corrected chi connectivity index (χ0v) is 5.26. The van der Waals surface area contributed by atoms with E-state index in [0.717, 1.165) is 6.42 Å². The summed E-state index contributed by atoms with van der Waals surface area (Å²) in [5, 5.41) is 16.5. The number of aliphatic hydroxyl groups is 2. The average Bonchev–Trinajstić information content (AvgIpc) is 1.65. The van der Waals surface area contributed by atoms with Gasteiger partial charge in [0.1, 0.15) is 0 Å². The van der Waals surface area contributed by atoms with E-state index in [2.05, 4.69) is 0 Å². The highest BCUT2D eigenvalue weighted by atomic mass is 16.5. The molecule has 0 heterocycles. The van der Waals surface area contributed by atoms with Crippen LogP contribution in [0, 0.1) is 5.92 Å². The van der Waals surface area contributed by atoms with Gasteiger partial charge in [-0.05, 0) is 18.4 Å². The minimum atomic E-state index is -0.570. The second-order valence-corrected chi connectivity index (χ2v) is 1.91. The molecule has 0 saturated heterocycles. The van der Waals surface area contributed by atoms with Gasteiger partial charge in [0.25, 0.3) is 5.95 Å². The Morgan fingerprint density at radius 3 is 2.25 bits per heavy atom. The second kappa shape index (κ2) is 3.36. The summed E-state index contributed by atoms with van der Waals surface area (Å²) in [4.78, 5) is 0. The number of rotatable bonds is 2. The Bertz CT molecular complexity index is 82.5. The standard InChI is InChI=1S/C6H12O2/c1-3-5(2)4-6(7)8/h4-5,7-8H,3H2,1-2H3. The fraction of sp³-hybridized carbons (Fsp3) is 0.667. The van der Waals surface area contributed by atoms with Crippen LogP contribution in [0.4, 0.5) is 0 Å². The van der Waals surface area contributed by atoms with Crippen molar-refractivity contribution in [3.05, 3.63) is 12.0 Å². The van der Waals surface area contributed by atoms with Gasteiger partial charge in [0.2, 0.25) is 0 Å². The topological polar surface area (TPSA) is 40.5 Å². The number of hydrogen-bond donors (Lipinski definition) is 2. The Hall–Kier alpha value is -0.660. The Morgan fingerprint density at radius 2 is 2.12 bits per heavy atom. The quantitative estimate of drug-likeness (QED) is 0.541. The van der Waals surface area contributed by atoms with Crippen molar-refractivity contribution in [1.82, 2.24) is 0 Å². The molecule has 48 valence electrons. The predicted molar refractivity (Wildman–Crippen MR) is 32.8 cm³/mol. The number of hydrogen-bond acceptors (Lipinski definition) is 2. The Kier molecular flexibility index (Phi) is 3.08. The third-order valence-corrected chi connectivity index (χ3v) is 1.08. The molecule has 0 bridgehead atoms. The van der Waals surface area contributed by atoms with Crippen molar-refractivity contribution >= 4 is 0 Å². The van der Waals surface area contributed by atoms with E-state index in [1.807, 2.05) is 13.8 Å². The smallest absolute Gasteiger partial charge is 0.270 e. The van der Waals surface area contributed by atoms with Gasteiger partial charge in [0.15, 0.2) is 0 Å². The van der Waals surface area contributed by atoms with Gasteiger partial charge in [-0.1, -0.05) is 13.8 Å². The van der Waals surface area contributed by atoms with Crippen LogP contribution >= 0.6 is 0 Å². The molecule has 1 unspecified atom stereocenters. The largest absolute Gasteiger partial charge is 0.481 e. The molecule has 0 aromatic carbocycles. The van der Waals surface area contributed by atoms with Gasteiger partial charge in [0.05, 0.1) is 0 Å². The van der Waals surface area contributed by atoms with E-state index in [4.69, 9.17) is 10.2 Å². The molecule has 0 rings (SSSR count). The molecule has 2 heteroatoms. The maximum Gasteiger partial charge on any atom is 0.270 e. The van der Waals surface area contributed by atoms with Crippen molar-refractivity contribution in [3.8, 4) is 0 Å². The molecular weight excluding hydrogens is 104 g/mol. The molecule has 8 heavy (non-hydrogen) atoms.